The predicted molar refractivity (Wildman–Crippen MR) is 320 cm³/mol. The molecule has 6 heteroatoms. The molecule has 4 aromatic heterocycles. The summed E-state index contributed by atoms with van der Waals surface area (Å²) in [5.74, 6) is -1.25. The van der Waals surface area contributed by atoms with E-state index < -0.39 is 412 Å². The van der Waals surface area contributed by atoms with Crippen LogP contribution >= 0.6 is 0 Å². The van der Waals surface area contributed by atoms with Crippen LogP contribution in [0.15, 0.2) is 284 Å². The third kappa shape index (κ3) is 6.71. The highest BCUT2D eigenvalue weighted by Gasteiger charge is 2.42. The van der Waals surface area contributed by atoms with Crippen molar-refractivity contribution in [3.8, 4) is 39.8 Å². The van der Waals surface area contributed by atoms with Gasteiger partial charge >= 0.3 is 0 Å². The Balaban J connectivity index is 1.31. The van der Waals surface area contributed by atoms with Crippen molar-refractivity contribution in [2.24, 2.45) is 0 Å². The summed E-state index contributed by atoms with van der Waals surface area (Å²) in [7, 11) is -7.09. The Kier molecular flexibility index (Phi) is 4.10. The summed E-state index contributed by atoms with van der Waals surface area (Å²) in [6.45, 7) is 0. The summed E-state index contributed by atoms with van der Waals surface area (Å²) >= 11 is 0. The molecule has 15 aromatic rings. The molecule has 0 unspecified atom stereocenters. The van der Waals surface area contributed by atoms with Crippen molar-refractivity contribution in [2.45, 2.75) is 0 Å². The highest BCUT2D eigenvalue weighted by molar-refractivity contribution is 7.20. The van der Waals surface area contributed by atoms with Crippen LogP contribution in [0.1, 0.15) is 63.1 Å². The Morgan fingerprint density at radius 1 is 0.303 bits per heavy atom. The monoisotopic (exact) mass is 1030 g/mol. The minimum atomic E-state index is -7.09. The number of benzene rings is 11. The van der Waals surface area contributed by atoms with Gasteiger partial charge in [-0.15, -0.1) is 0 Å². The average Bonchev–Trinajstić information content (AvgIpc) is 1.27. The fourth-order valence-electron chi connectivity index (χ4n) is 9.28. The van der Waals surface area contributed by atoms with Crippen LogP contribution in [0, 0.1) is 0 Å². The molecule has 0 aliphatic heterocycles. The molecule has 4 heterocycles. The number of nitrogens with zero attached hydrogens (tertiary/aromatic N) is 5. The first-order valence-electron chi connectivity index (χ1n) is 45.2. The lowest BCUT2D eigenvalue weighted by Gasteiger charge is -2.35. The SMILES string of the molecule is [2H]c1c([2H])c([2H])c(-c2cc(-c3c([2H])c([Si](c4c([2H])c([2H])c([2H])c([2H])c4[2H])(c4c([2H])c([2H])c([2H])c([2H])c4[2H])c4c([2H])c([2H])c([2H])c([2H])c4[2H])c([2H])c([2H])c3-n3c4c([2H])c([2H])c([2H])c([2H])c4c4c([2H])c(-n5c6c([2H])c([2H])c([2H])c([2H])c6c6c([2H])c([2H])c([2H])c([2H])c65)c([2H])c([2H])c43)nc(-n3c4c([2H])c([2H])c([2H])c([2H])c4c4c([2H])c([2H])c([2H])c([2H])c43)n2)c([2H])c1[2H]. The third-order valence-electron chi connectivity index (χ3n) is 12.4. The Morgan fingerprint density at radius 3 is 1.20 bits per heavy atom. The van der Waals surface area contributed by atoms with E-state index in [4.69, 9.17) is 24.2 Å². The van der Waals surface area contributed by atoms with Gasteiger partial charge in [0.2, 0.25) is 5.95 Å². The number of aromatic nitrogens is 5. The zero-order valence-electron chi connectivity index (χ0n) is 83.8. The lowest BCUT2D eigenvalue weighted by Crippen LogP contribution is -2.74. The van der Waals surface area contributed by atoms with Gasteiger partial charge in [-0.05, 0) is 81.2 Å². The van der Waals surface area contributed by atoms with E-state index in [0.717, 1.165) is 0 Å². The van der Waals surface area contributed by atoms with Crippen molar-refractivity contribution in [3.63, 3.8) is 0 Å². The maximum absolute atomic E-state index is 11.5. The fourth-order valence-corrected chi connectivity index (χ4v) is 12.8. The Morgan fingerprint density at radius 2 is 0.697 bits per heavy atom. The second-order valence-corrected chi connectivity index (χ2v) is 19.7. The highest BCUT2D eigenvalue weighted by Crippen LogP contribution is 2.40. The second kappa shape index (κ2) is 17.7. The lowest BCUT2D eigenvalue weighted by atomic mass is 10.1. The molecule has 0 saturated heterocycles. The number of fused-ring (bicyclic) bond motifs is 9. The van der Waals surface area contributed by atoms with E-state index in [1.807, 2.05) is 0 Å². The molecule has 11 aromatic carbocycles. The Bertz CT molecular complexity index is 7100. The van der Waals surface area contributed by atoms with Gasteiger partial charge in [-0.3, -0.25) is 4.57 Å². The largest absolute Gasteiger partial charge is 0.309 e. The third-order valence-corrected chi connectivity index (χ3v) is 16.4. The van der Waals surface area contributed by atoms with Gasteiger partial charge in [0, 0.05) is 49.1 Å². The van der Waals surface area contributed by atoms with Crippen LogP contribution in [0.2, 0.25) is 0 Å². The van der Waals surface area contributed by atoms with Gasteiger partial charge in [-0.2, -0.15) is 0 Å². The first-order chi connectivity index (χ1) is 56.8. The summed E-state index contributed by atoms with van der Waals surface area (Å²) in [5, 5.41) is -10.6. The maximum Gasteiger partial charge on any atom is 0.235 e. The molecule has 0 aliphatic rings. The summed E-state index contributed by atoms with van der Waals surface area (Å²) < 4.78 is 440. The molecule has 0 fully saturated rings. The van der Waals surface area contributed by atoms with Crippen molar-refractivity contribution in [1.29, 1.82) is 0 Å². The number of hydrogen-bond acceptors (Lipinski definition) is 2. The van der Waals surface area contributed by atoms with Gasteiger partial charge < -0.3 is 9.13 Å². The van der Waals surface area contributed by atoms with E-state index in [-0.39, 0.29) is 0 Å². The van der Waals surface area contributed by atoms with Gasteiger partial charge in [0.05, 0.1) is 113 Å². The second-order valence-electron chi connectivity index (χ2n) is 16.2. The molecule has 0 amide bonds. The molecule has 0 bridgehead atoms. The molecule has 76 heavy (non-hydrogen) atoms. The van der Waals surface area contributed by atoms with E-state index >= 15 is 0 Å². The number of hydrogen-bond donors (Lipinski definition) is 0. The van der Waals surface area contributed by atoms with Gasteiger partial charge in [0.1, 0.15) is 0 Å². The lowest BCUT2D eigenvalue weighted by molar-refractivity contribution is 0.994. The molecule has 0 atom stereocenters. The first-order valence-corrected chi connectivity index (χ1v) is 24.2. The number of rotatable bonds is 9. The normalized spacial score (nSPS) is 20.4. The number of para-hydroxylation sites is 5. The molecule has 5 nitrogen and oxygen atoms in total. The molecule has 0 aliphatic carbocycles. The van der Waals surface area contributed by atoms with Crippen molar-refractivity contribution in [1.82, 2.24) is 23.7 Å². The van der Waals surface area contributed by atoms with Gasteiger partial charge in [0.25, 0.3) is 0 Å². The van der Waals surface area contributed by atoms with Crippen LogP contribution in [0.5, 0.6) is 0 Å². The summed E-state index contributed by atoms with van der Waals surface area (Å²) in [6.07, 6.45) is 0. The van der Waals surface area contributed by atoms with Crippen LogP contribution in [0.25, 0.3) is 105 Å². The molecule has 15 rings (SSSR count). The van der Waals surface area contributed by atoms with Crippen LogP contribution in [0.3, 0.4) is 0 Å². The van der Waals surface area contributed by atoms with Crippen LogP contribution < -0.4 is 20.7 Å². The van der Waals surface area contributed by atoms with E-state index in [9.17, 15) is 43.9 Å². The minimum Gasteiger partial charge on any atom is -0.309 e. The molecular formula is C70H47N5Si. The maximum atomic E-state index is 11.5. The molecule has 0 radical (unpaired) electrons. The van der Waals surface area contributed by atoms with Crippen molar-refractivity contribution in [2.75, 3.05) is 0 Å². The van der Waals surface area contributed by atoms with Crippen LogP contribution in [0.4, 0.5) is 0 Å². The molecule has 356 valence electrons. The summed E-state index contributed by atoms with van der Waals surface area (Å²) in [6, 6.07) is -57.4. The van der Waals surface area contributed by atoms with Crippen LogP contribution in [-0.4, -0.2) is 31.7 Å². The summed E-state index contributed by atoms with van der Waals surface area (Å²) in [4.78, 5) is 9.43. The van der Waals surface area contributed by atoms with E-state index in [1.165, 1.54) is 0 Å². The molecule has 0 spiro atoms. The Labute approximate surface area is 505 Å². The Hall–Kier alpha value is -9.88. The van der Waals surface area contributed by atoms with E-state index in [2.05, 4.69) is 4.98 Å². The standard InChI is InChI=1S/C70H47N5Si/c1-5-23-48(24-6-1)61-47-62(72-70(71-61)75-66-39-21-15-33-56(66)57-34-16-22-40-67(57)75)60-46-53(76(50-25-7-2-8-26-50,51-27-9-3-10-28-51)52-29-11-4-12-30-52)42-44-69(60)74-65-38-20-17-35-58(65)59-45-49(41-43-68(59)74)73-63-36-18-13-31-54(63)55-32-14-19-37-64(55)73/h1-47H/i1D,2D,3D,4D,5D,6D,7D,8D,9D,10D,11D,12D,13D,14D,15D,16D,17D,18D,19D,20D,21D,22D,23D,24D,25D,26D,27D,28D,29D,30D,31D,32D,33D,34D,35D,36D,37D,38D,39D,40D,41D,42D,43D,44D,45D,46D. The molecule has 0 N–H and O–H groups in total. The van der Waals surface area contributed by atoms with Gasteiger partial charge in [0.15, 0.2) is 8.07 Å². The zero-order chi connectivity index (χ0) is 90.2. The summed E-state index contributed by atoms with van der Waals surface area (Å²) in [5.41, 5.74) is -12.9. The first kappa shape index (κ1) is 17.6. The van der Waals surface area contributed by atoms with Crippen molar-refractivity contribution >= 4 is 94.2 Å². The fraction of sp³-hybridized carbons (Fsp3) is 0. The highest BCUT2D eigenvalue weighted by atomic mass is 28.3. The average molecular weight is 1030 g/mol. The van der Waals surface area contributed by atoms with Crippen molar-refractivity contribution < 1.29 is 63.1 Å². The zero-order valence-corrected chi connectivity index (χ0v) is 38.8. The smallest absolute Gasteiger partial charge is 0.235 e. The van der Waals surface area contributed by atoms with E-state index in [1.54, 1.807) is 0 Å². The quantitative estimate of drug-likeness (QED) is 0.107. The molecule has 0 saturated carbocycles. The van der Waals surface area contributed by atoms with Gasteiger partial charge in [-0.1, -0.05) is 224 Å². The van der Waals surface area contributed by atoms with Gasteiger partial charge in [-0.25, -0.2) is 9.97 Å². The van der Waals surface area contributed by atoms with Crippen molar-refractivity contribution in [3.05, 3.63) is 284 Å². The topological polar surface area (TPSA) is 40.6 Å². The molecular weight excluding hydrogens is 939 g/mol. The predicted octanol–water partition coefficient (Wildman–Crippen LogP) is 14.5. The van der Waals surface area contributed by atoms with E-state index in [0.29, 0.717) is 19.8 Å². The van der Waals surface area contributed by atoms with Crippen LogP contribution in [-0.2, 0) is 0 Å². The minimum absolute atomic E-state index is 0.425.